The highest BCUT2D eigenvalue weighted by Crippen LogP contribution is 2.60. The van der Waals surface area contributed by atoms with Gasteiger partial charge in [0.05, 0.1) is 27.9 Å². The third-order valence-electron chi connectivity index (χ3n) is 8.18. The smallest absolute Gasteiger partial charge is 0.270 e. The van der Waals surface area contributed by atoms with E-state index in [0.29, 0.717) is 10.2 Å². The van der Waals surface area contributed by atoms with Crippen LogP contribution >= 0.6 is 23.1 Å². The van der Waals surface area contributed by atoms with E-state index in [1.165, 1.54) is 12.1 Å². The Morgan fingerprint density at radius 3 is 2.16 bits per heavy atom. The average Bonchev–Trinajstić information content (AvgIpc) is 3.52. The van der Waals surface area contributed by atoms with Crippen molar-refractivity contribution in [2.45, 2.75) is 13.8 Å². The number of non-ortho nitro benzene ring substituents is 1. The molecule has 218 valence electrons. The molecule has 0 unspecified atom stereocenters. The number of hydrazone groups is 1. The third-order valence-corrected chi connectivity index (χ3v) is 12.5. The Balaban J connectivity index is 1.68. The van der Waals surface area contributed by atoms with E-state index < -0.39 is 12.1 Å². The van der Waals surface area contributed by atoms with Crippen molar-refractivity contribution in [3.05, 3.63) is 141 Å². The Morgan fingerprint density at radius 2 is 1.50 bits per heavy atom. The number of nitro groups is 1. The number of hydrogen-bond donors (Lipinski definition) is 0. The Hall–Kier alpha value is -4.72. The number of aromatic nitrogens is 2. The van der Waals surface area contributed by atoms with Crippen molar-refractivity contribution >= 4 is 68.1 Å². The quantitative estimate of drug-likeness (QED) is 0.105. The molecule has 3 heterocycles. The molecular formula is C34H28BrN6O2P. The minimum absolute atomic E-state index is 0.00246. The molecule has 0 aliphatic carbocycles. The molecule has 8 nitrogen and oxygen atoms in total. The molecule has 0 bridgehead atoms. The second-order valence-electron chi connectivity index (χ2n) is 10.7. The normalized spacial score (nSPS) is 15.9. The summed E-state index contributed by atoms with van der Waals surface area (Å²) < 4.78 is 12.8. The second-order valence-corrected chi connectivity index (χ2v) is 14.2. The molecule has 44 heavy (non-hydrogen) atoms. The number of nitrogens with zero attached hydrogens (tertiary/aromatic N) is 6. The van der Waals surface area contributed by atoms with Crippen molar-refractivity contribution < 1.29 is 4.92 Å². The first-order valence-corrected chi connectivity index (χ1v) is 16.6. The summed E-state index contributed by atoms with van der Waals surface area (Å²) in [7, 11) is -0.943. The topological polar surface area (TPSA) is 81.0 Å². The van der Waals surface area contributed by atoms with Gasteiger partial charge in [0.1, 0.15) is 0 Å². The molecule has 7 rings (SSSR count). The van der Waals surface area contributed by atoms with Gasteiger partial charge in [0, 0.05) is 62.5 Å². The van der Waals surface area contributed by atoms with Crippen molar-refractivity contribution in [2.75, 3.05) is 4.78 Å². The van der Waals surface area contributed by atoms with Gasteiger partial charge in [-0.05, 0) is 72.2 Å². The first-order chi connectivity index (χ1) is 21.3. The van der Waals surface area contributed by atoms with Gasteiger partial charge in [-0.1, -0.05) is 54.6 Å². The zero-order valence-corrected chi connectivity index (χ0v) is 26.8. The number of aryl methyl sites for hydroxylation is 1. The molecule has 0 amide bonds. The third kappa shape index (κ3) is 4.26. The number of rotatable bonds is 5. The molecule has 0 spiro atoms. The molecule has 4 aromatic carbocycles. The number of anilines is 1. The summed E-state index contributed by atoms with van der Waals surface area (Å²) in [6.45, 7) is 4.28. The van der Waals surface area contributed by atoms with Crippen LogP contribution in [0.2, 0.25) is 0 Å². The summed E-state index contributed by atoms with van der Waals surface area (Å²) in [6.07, 6.45) is 1.95. The van der Waals surface area contributed by atoms with E-state index in [9.17, 15) is 10.1 Å². The van der Waals surface area contributed by atoms with E-state index >= 15 is 0 Å². The lowest BCUT2D eigenvalue weighted by molar-refractivity contribution is -0.384. The molecule has 0 saturated carbocycles. The van der Waals surface area contributed by atoms with Crippen molar-refractivity contribution in [3.8, 4) is 5.69 Å². The summed E-state index contributed by atoms with van der Waals surface area (Å²) >= 11 is 3.63. The molecular weight excluding hydrogens is 635 g/mol. The molecule has 1 aliphatic heterocycles. The number of para-hydroxylation sites is 3. The van der Waals surface area contributed by atoms with E-state index in [1.807, 2.05) is 54.7 Å². The zero-order valence-electron chi connectivity index (χ0n) is 24.3. The monoisotopic (exact) mass is 662 g/mol. The predicted molar refractivity (Wildman–Crippen MR) is 184 cm³/mol. The molecule has 0 radical (unpaired) electrons. The van der Waals surface area contributed by atoms with E-state index in [1.54, 1.807) is 6.07 Å². The zero-order chi connectivity index (χ0) is 30.6. The second kappa shape index (κ2) is 10.8. The lowest BCUT2D eigenvalue weighted by Crippen LogP contribution is -2.37. The van der Waals surface area contributed by atoms with Gasteiger partial charge in [-0.15, -0.1) is 0 Å². The van der Waals surface area contributed by atoms with E-state index in [4.69, 9.17) is 9.85 Å². The van der Waals surface area contributed by atoms with Gasteiger partial charge in [-0.25, -0.2) is 9.52 Å². The SMILES string of the molecule is Cc1c2c(c(C)n1-c1ccccc1)[P@@](=Nc1ccc([N+](=O)[O-])cc1Br)(c1cc3ccccc3n1C)N(c1ccccc1)N=C2. The maximum Gasteiger partial charge on any atom is 0.270 e. The number of benzene rings is 4. The average molecular weight is 664 g/mol. The molecule has 0 fully saturated rings. The van der Waals surface area contributed by atoms with Gasteiger partial charge in [0.2, 0.25) is 0 Å². The predicted octanol–water partition coefficient (Wildman–Crippen LogP) is 8.51. The van der Waals surface area contributed by atoms with Gasteiger partial charge in [-0.3, -0.25) is 10.1 Å². The van der Waals surface area contributed by atoms with Crippen LogP contribution in [0.25, 0.3) is 16.6 Å². The number of fused-ring (bicyclic) bond motifs is 2. The summed E-state index contributed by atoms with van der Waals surface area (Å²) in [5, 5.41) is 19.0. The summed E-state index contributed by atoms with van der Waals surface area (Å²) in [6, 6.07) is 35.7. The number of nitro benzene ring substituents is 1. The van der Waals surface area contributed by atoms with Gasteiger partial charge in [0.25, 0.3) is 5.69 Å². The van der Waals surface area contributed by atoms with Crippen LogP contribution in [0.15, 0.2) is 124 Å². The van der Waals surface area contributed by atoms with E-state index in [0.717, 1.165) is 50.0 Å². The molecule has 10 heteroatoms. The van der Waals surface area contributed by atoms with Crippen molar-refractivity contribution in [2.24, 2.45) is 16.9 Å². The lowest BCUT2D eigenvalue weighted by Gasteiger charge is -2.38. The van der Waals surface area contributed by atoms with E-state index in [2.05, 4.69) is 93.2 Å². The van der Waals surface area contributed by atoms with Crippen LogP contribution in [0.5, 0.6) is 0 Å². The fourth-order valence-electron chi connectivity index (χ4n) is 6.21. The van der Waals surface area contributed by atoms with Crippen LogP contribution in [-0.2, 0) is 7.05 Å². The molecule has 0 N–H and O–H groups in total. The van der Waals surface area contributed by atoms with E-state index in [-0.39, 0.29) is 5.69 Å². The Bertz CT molecular complexity index is 2170. The summed E-state index contributed by atoms with van der Waals surface area (Å²) in [5.41, 5.74) is 7.83. The maximum absolute atomic E-state index is 11.6. The standard InChI is InChI=1S/C34H28BrN6O2P/c1-23-29-22-36-40(27-15-8-5-9-16-27)44(33-20-25-12-10-11-17-32(25)38(33)3,37-31-19-18-28(41(42)43)21-30(31)35)34(29)24(2)39(23)26-13-6-4-7-14-26/h4-22H,1-3H3/t44-/m1/s1. The minimum Gasteiger partial charge on any atom is -0.341 e. The Morgan fingerprint density at radius 1 is 0.841 bits per heavy atom. The molecule has 0 saturated heterocycles. The Labute approximate surface area is 263 Å². The van der Waals surface area contributed by atoms with Crippen molar-refractivity contribution in [1.82, 2.24) is 9.13 Å². The summed E-state index contributed by atoms with van der Waals surface area (Å²) in [4.78, 5) is 11.2. The molecule has 1 atom stereocenters. The van der Waals surface area contributed by atoms with Crippen molar-refractivity contribution in [1.29, 1.82) is 0 Å². The number of halogens is 1. The molecule has 6 aromatic rings. The summed E-state index contributed by atoms with van der Waals surface area (Å²) in [5.74, 6) is 0. The highest BCUT2D eigenvalue weighted by molar-refractivity contribution is 9.10. The van der Waals surface area contributed by atoms with Crippen LogP contribution in [-0.4, -0.2) is 20.3 Å². The molecule has 2 aromatic heterocycles. The fraction of sp³-hybridized carbons (Fsp3) is 0.0882. The molecule has 1 aliphatic rings. The van der Waals surface area contributed by atoms with Crippen LogP contribution in [0, 0.1) is 24.0 Å². The van der Waals surface area contributed by atoms with Crippen LogP contribution < -0.4 is 15.5 Å². The van der Waals surface area contributed by atoms with Gasteiger partial charge < -0.3 is 9.13 Å². The lowest BCUT2D eigenvalue weighted by atomic mass is 10.2. The first kappa shape index (κ1) is 28.1. The van der Waals surface area contributed by atoms with Crippen LogP contribution in [0.1, 0.15) is 17.0 Å². The van der Waals surface area contributed by atoms with Gasteiger partial charge >= 0.3 is 0 Å². The first-order valence-electron chi connectivity index (χ1n) is 14.1. The minimum atomic E-state index is -3.02. The Kier molecular flexibility index (Phi) is 6.87. The highest BCUT2D eigenvalue weighted by Gasteiger charge is 2.43. The van der Waals surface area contributed by atoms with Gasteiger partial charge in [-0.2, -0.15) is 5.10 Å². The van der Waals surface area contributed by atoms with Crippen LogP contribution in [0.3, 0.4) is 0 Å². The largest absolute Gasteiger partial charge is 0.341 e. The van der Waals surface area contributed by atoms with Crippen molar-refractivity contribution in [3.63, 3.8) is 0 Å². The fourth-order valence-corrected chi connectivity index (χ4v) is 10.8. The number of hydrogen-bond acceptors (Lipinski definition) is 4. The van der Waals surface area contributed by atoms with Gasteiger partial charge in [0.15, 0.2) is 7.21 Å². The van der Waals surface area contributed by atoms with Crippen LogP contribution in [0.4, 0.5) is 17.1 Å². The highest BCUT2D eigenvalue weighted by atomic mass is 79.9. The maximum atomic E-state index is 11.6.